The molecule has 1 atom stereocenters. The van der Waals surface area contributed by atoms with Gasteiger partial charge in [-0.2, -0.15) is 4.68 Å². The lowest BCUT2D eigenvalue weighted by Gasteiger charge is -2.14. The van der Waals surface area contributed by atoms with Gasteiger partial charge in [-0.25, -0.2) is 0 Å². The molecule has 0 saturated heterocycles. The Morgan fingerprint density at radius 3 is 2.76 bits per heavy atom. The average molecular weight is 291 g/mol. The van der Waals surface area contributed by atoms with Crippen molar-refractivity contribution in [1.82, 2.24) is 19.4 Å². The van der Waals surface area contributed by atoms with Crippen molar-refractivity contribution in [2.45, 2.75) is 33.2 Å². The summed E-state index contributed by atoms with van der Waals surface area (Å²) in [5.74, 6) is 1.78. The molecule has 1 aliphatic heterocycles. The van der Waals surface area contributed by atoms with Crippen LogP contribution in [-0.4, -0.2) is 42.2 Å². The zero-order chi connectivity index (χ0) is 15.1. The molecule has 3 rings (SSSR count). The van der Waals surface area contributed by atoms with Gasteiger partial charge in [-0.3, -0.25) is 4.57 Å². The van der Waals surface area contributed by atoms with Crippen LogP contribution in [0.3, 0.4) is 0 Å². The van der Waals surface area contributed by atoms with Gasteiger partial charge in [0.15, 0.2) is 23.4 Å². The standard InChI is InChI=1S/C13H17N5O3/c1-4-21-10-6-9-14-15-12(18(9)16-10)8(3)17-11(19)5-7(2)13(17)20/h5,8,19-20H,4,6H2,1-3H3. The van der Waals surface area contributed by atoms with Crippen molar-refractivity contribution in [2.75, 3.05) is 6.61 Å². The highest BCUT2D eigenvalue weighted by Crippen LogP contribution is 2.33. The zero-order valence-electron chi connectivity index (χ0n) is 12.1. The van der Waals surface area contributed by atoms with Gasteiger partial charge in [0.25, 0.3) is 0 Å². The molecule has 0 bridgehead atoms. The topological polar surface area (TPSA) is 97.7 Å². The number of rotatable bonds is 3. The van der Waals surface area contributed by atoms with Crippen molar-refractivity contribution in [3.05, 3.63) is 23.3 Å². The van der Waals surface area contributed by atoms with E-state index < -0.39 is 6.04 Å². The minimum Gasteiger partial charge on any atom is -0.494 e. The third-order valence-corrected chi connectivity index (χ3v) is 3.50. The van der Waals surface area contributed by atoms with E-state index in [2.05, 4.69) is 15.3 Å². The molecule has 1 unspecified atom stereocenters. The minimum absolute atomic E-state index is 0.00404. The van der Waals surface area contributed by atoms with Crippen LogP contribution >= 0.6 is 0 Å². The molecule has 8 heteroatoms. The number of fused-ring (bicyclic) bond motifs is 1. The van der Waals surface area contributed by atoms with E-state index in [0.29, 0.717) is 36.1 Å². The quantitative estimate of drug-likeness (QED) is 0.884. The number of aromatic nitrogens is 4. The van der Waals surface area contributed by atoms with E-state index in [1.54, 1.807) is 11.6 Å². The minimum atomic E-state index is -0.412. The largest absolute Gasteiger partial charge is 0.494 e. The number of aryl methyl sites for hydroxylation is 1. The fourth-order valence-corrected chi connectivity index (χ4v) is 2.46. The van der Waals surface area contributed by atoms with Crippen LogP contribution in [-0.2, 0) is 11.2 Å². The van der Waals surface area contributed by atoms with Gasteiger partial charge in [0.1, 0.15) is 0 Å². The summed E-state index contributed by atoms with van der Waals surface area (Å²) in [5.41, 5.74) is 0.596. The first kappa shape index (κ1) is 13.5. The second kappa shape index (κ2) is 4.80. The smallest absolute Gasteiger partial charge is 0.214 e. The van der Waals surface area contributed by atoms with E-state index in [0.717, 1.165) is 0 Å². The molecule has 0 fully saturated rings. The molecule has 0 aromatic carbocycles. The molecular weight excluding hydrogens is 274 g/mol. The van der Waals surface area contributed by atoms with Crippen LogP contribution in [0.25, 0.3) is 0 Å². The average Bonchev–Trinajstić information content (AvgIpc) is 3.04. The normalized spacial score (nSPS) is 14.9. The summed E-state index contributed by atoms with van der Waals surface area (Å²) in [7, 11) is 0. The molecule has 2 aromatic rings. The van der Waals surface area contributed by atoms with Crippen LogP contribution in [0.2, 0.25) is 0 Å². The molecule has 21 heavy (non-hydrogen) atoms. The Kier molecular flexibility index (Phi) is 3.08. The van der Waals surface area contributed by atoms with Gasteiger partial charge < -0.3 is 14.9 Å². The SMILES string of the molecule is CCOC1=Nn2c(nnc2C(C)n2c(O)cc(C)c2O)C1. The second-order valence-corrected chi connectivity index (χ2v) is 4.94. The summed E-state index contributed by atoms with van der Waals surface area (Å²) in [6.45, 7) is 5.96. The maximum atomic E-state index is 10.1. The lowest BCUT2D eigenvalue weighted by molar-refractivity contribution is 0.320. The Morgan fingerprint density at radius 1 is 1.38 bits per heavy atom. The fraction of sp³-hybridized carbons (Fsp3) is 0.462. The number of aromatic hydroxyl groups is 2. The number of ether oxygens (including phenoxy) is 1. The summed E-state index contributed by atoms with van der Waals surface area (Å²) in [6, 6.07) is 1.09. The van der Waals surface area contributed by atoms with Crippen molar-refractivity contribution in [3.8, 4) is 11.8 Å². The molecule has 2 N–H and O–H groups in total. The molecule has 8 nitrogen and oxygen atoms in total. The van der Waals surface area contributed by atoms with Gasteiger partial charge in [-0.1, -0.05) is 0 Å². The first-order valence-electron chi connectivity index (χ1n) is 6.77. The number of nitrogens with zero attached hydrogens (tertiary/aromatic N) is 5. The van der Waals surface area contributed by atoms with Gasteiger partial charge in [-0.05, 0) is 20.8 Å². The van der Waals surface area contributed by atoms with Crippen LogP contribution in [0, 0.1) is 6.92 Å². The second-order valence-electron chi connectivity index (χ2n) is 4.94. The zero-order valence-corrected chi connectivity index (χ0v) is 12.1. The molecule has 0 aliphatic carbocycles. The molecule has 0 saturated carbocycles. The van der Waals surface area contributed by atoms with Crippen LogP contribution < -0.4 is 0 Å². The van der Waals surface area contributed by atoms with Gasteiger partial charge >= 0.3 is 0 Å². The monoisotopic (exact) mass is 291 g/mol. The number of hydrogen-bond donors (Lipinski definition) is 2. The van der Waals surface area contributed by atoms with Gasteiger partial charge in [0.2, 0.25) is 5.90 Å². The van der Waals surface area contributed by atoms with Crippen LogP contribution in [0.1, 0.15) is 37.1 Å². The Balaban J connectivity index is 1.99. The van der Waals surface area contributed by atoms with E-state index in [-0.39, 0.29) is 11.8 Å². The Bertz CT molecular complexity index is 716. The molecule has 1 aliphatic rings. The van der Waals surface area contributed by atoms with Gasteiger partial charge in [0, 0.05) is 11.6 Å². The molecular formula is C13H17N5O3. The highest BCUT2D eigenvalue weighted by Gasteiger charge is 2.28. The number of hydrogen-bond acceptors (Lipinski definition) is 6. The van der Waals surface area contributed by atoms with Crippen molar-refractivity contribution in [2.24, 2.45) is 5.10 Å². The Morgan fingerprint density at radius 2 is 2.14 bits per heavy atom. The molecule has 3 heterocycles. The first-order valence-corrected chi connectivity index (χ1v) is 6.77. The van der Waals surface area contributed by atoms with E-state index in [1.807, 2.05) is 13.8 Å². The first-order chi connectivity index (χ1) is 10.0. The summed E-state index contributed by atoms with van der Waals surface area (Å²) < 4.78 is 8.38. The molecule has 112 valence electrons. The highest BCUT2D eigenvalue weighted by molar-refractivity contribution is 5.79. The third kappa shape index (κ3) is 2.03. The summed E-state index contributed by atoms with van der Waals surface area (Å²) >= 11 is 0. The van der Waals surface area contributed by atoms with Crippen LogP contribution in [0.5, 0.6) is 11.8 Å². The van der Waals surface area contributed by atoms with Crippen molar-refractivity contribution in [1.29, 1.82) is 0 Å². The van der Waals surface area contributed by atoms with Gasteiger partial charge in [0.05, 0.1) is 19.1 Å². The fourth-order valence-electron chi connectivity index (χ4n) is 2.46. The highest BCUT2D eigenvalue weighted by atomic mass is 16.5. The van der Waals surface area contributed by atoms with E-state index in [4.69, 9.17) is 4.74 Å². The van der Waals surface area contributed by atoms with E-state index in [1.165, 1.54) is 10.6 Å². The third-order valence-electron chi connectivity index (χ3n) is 3.50. The van der Waals surface area contributed by atoms with E-state index in [9.17, 15) is 10.2 Å². The van der Waals surface area contributed by atoms with Crippen molar-refractivity contribution in [3.63, 3.8) is 0 Å². The maximum absolute atomic E-state index is 10.1. The molecule has 0 radical (unpaired) electrons. The Hall–Kier alpha value is -2.51. The van der Waals surface area contributed by atoms with Crippen molar-refractivity contribution < 1.29 is 14.9 Å². The maximum Gasteiger partial charge on any atom is 0.214 e. The lowest BCUT2D eigenvalue weighted by atomic mass is 10.3. The van der Waals surface area contributed by atoms with Gasteiger partial charge in [-0.15, -0.1) is 15.3 Å². The predicted octanol–water partition coefficient (Wildman–Crippen LogP) is 1.16. The van der Waals surface area contributed by atoms with Crippen LogP contribution in [0.4, 0.5) is 0 Å². The predicted molar refractivity (Wildman–Crippen MR) is 74.5 cm³/mol. The van der Waals surface area contributed by atoms with E-state index >= 15 is 0 Å². The van der Waals surface area contributed by atoms with Crippen molar-refractivity contribution >= 4 is 5.90 Å². The summed E-state index contributed by atoms with van der Waals surface area (Å²) in [6.07, 6.45) is 0.496. The molecule has 0 amide bonds. The Labute approximate surface area is 121 Å². The summed E-state index contributed by atoms with van der Waals surface area (Å²) in [4.78, 5) is 0. The lowest BCUT2D eigenvalue weighted by Crippen LogP contribution is -2.11. The molecule has 2 aromatic heterocycles. The summed E-state index contributed by atoms with van der Waals surface area (Å²) in [5, 5.41) is 32.5. The van der Waals surface area contributed by atoms with Crippen LogP contribution in [0.15, 0.2) is 11.2 Å². The molecule has 0 spiro atoms.